The van der Waals surface area contributed by atoms with E-state index < -0.39 is 11.3 Å². The van der Waals surface area contributed by atoms with E-state index in [9.17, 15) is 8.78 Å². The molecule has 82 valence electrons. The Kier molecular flexibility index (Phi) is 2.19. The van der Waals surface area contributed by atoms with E-state index in [4.69, 9.17) is 10.8 Å². The average molecular weight is 213 g/mol. The SMILES string of the molecule is NCC1(C(F)(F)c2ccc(O)cc2)CC1. The first kappa shape index (κ1) is 10.4. The van der Waals surface area contributed by atoms with Gasteiger partial charge in [-0.25, -0.2) is 8.78 Å². The van der Waals surface area contributed by atoms with Crippen molar-refractivity contribution in [3.8, 4) is 5.75 Å². The molecule has 0 bridgehead atoms. The molecule has 0 aromatic heterocycles. The van der Waals surface area contributed by atoms with E-state index in [0.29, 0.717) is 12.8 Å². The van der Waals surface area contributed by atoms with Crippen LogP contribution in [-0.4, -0.2) is 11.7 Å². The fourth-order valence-electron chi connectivity index (χ4n) is 1.77. The van der Waals surface area contributed by atoms with Crippen LogP contribution in [0.3, 0.4) is 0 Å². The number of nitrogens with two attached hydrogens (primary N) is 1. The highest BCUT2D eigenvalue weighted by Crippen LogP contribution is 2.60. The van der Waals surface area contributed by atoms with Crippen molar-refractivity contribution in [2.75, 3.05) is 6.54 Å². The van der Waals surface area contributed by atoms with Gasteiger partial charge in [-0.15, -0.1) is 0 Å². The summed E-state index contributed by atoms with van der Waals surface area (Å²) in [5, 5.41) is 9.03. The number of phenolic OH excluding ortho intramolecular Hbond substituents is 1. The topological polar surface area (TPSA) is 46.2 Å². The lowest BCUT2D eigenvalue weighted by Gasteiger charge is -2.25. The second-order valence-corrected chi connectivity index (χ2v) is 4.11. The third-order valence-corrected chi connectivity index (χ3v) is 3.14. The highest BCUT2D eigenvalue weighted by Gasteiger charge is 2.61. The lowest BCUT2D eigenvalue weighted by Crippen LogP contribution is -2.33. The van der Waals surface area contributed by atoms with Gasteiger partial charge in [-0.3, -0.25) is 0 Å². The van der Waals surface area contributed by atoms with Gasteiger partial charge >= 0.3 is 0 Å². The first-order valence-corrected chi connectivity index (χ1v) is 4.89. The Balaban J connectivity index is 2.33. The fourth-order valence-corrected chi connectivity index (χ4v) is 1.77. The van der Waals surface area contributed by atoms with Crippen LogP contribution in [0.15, 0.2) is 24.3 Å². The van der Waals surface area contributed by atoms with Crippen LogP contribution in [0.1, 0.15) is 18.4 Å². The van der Waals surface area contributed by atoms with Gasteiger partial charge in [0, 0.05) is 12.1 Å². The summed E-state index contributed by atoms with van der Waals surface area (Å²) in [4.78, 5) is 0. The lowest BCUT2D eigenvalue weighted by atomic mass is 9.91. The Hall–Kier alpha value is -1.16. The molecule has 1 aromatic carbocycles. The van der Waals surface area contributed by atoms with Gasteiger partial charge in [0.25, 0.3) is 5.92 Å². The number of rotatable bonds is 3. The van der Waals surface area contributed by atoms with Crippen molar-refractivity contribution in [1.82, 2.24) is 0 Å². The van der Waals surface area contributed by atoms with Crippen molar-refractivity contribution in [3.63, 3.8) is 0 Å². The summed E-state index contributed by atoms with van der Waals surface area (Å²) in [7, 11) is 0. The molecule has 4 heteroatoms. The van der Waals surface area contributed by atoms with Crippen LogP contribution in [-0.2, 0) is 5.92 Å². The van der Waals surface area contributed by atoms with E-state index in [1.54, 1.807) is 0 Å². The van der Waals surface area contributed by atoms with Crippen molar-refractivity contribution in [1.29, 1.82) is 0 Å². The predicted octanol–water partition coefficient (Wildman–Crippen LogP) is 2.22. The number of benzene rings is 1. The average Bonchev–Trinajstić information content (AvgIpc) is 2.99. The minimum Gasteiger partial charge on any atom is -0.508 e. The predicted molar refractivity (Wildman–Crippen MR) is 52.7 cm³/mol. The molecule has 1 aromatic rings. The zero-order valence-corrected chi connectivity index (χ0v) is 8.21. The van der Waals surface area contributed by atoms with E-state index in [0.717, 1.165) is 0 Å². The Labute approximate surface area is 86.7 Å². The standard InChI is InChI=1S/C11H13F2NO/c12-11(13,10(7-14)5-6-10)8-1-3-9(15)4-2-8/h1-4,15H,5-7,14H2. The molecule has 0 heterocycles. The summed E-state index contributed by atoms with van der Waals surface area (Å²) < 4.78 is 27.9. The number of hydrogen-bond acceptors (Lipinski definition) is 2. The summed E-state index contributed by atoms with van der Waals surface area (Å²) in [6.07, 6.45) is 0.939. The van der Waals surface area contributed by atoms with E-state index in [-0.39, 0.29) is 17.9 Å². The van der Waals surface area contributed by atoms with Gasteiger partial charge in [0.15, 0.2) is 0 Å². The van der Waals surface area contributed by atoms with Crippen LogP contribution < -0.4 is 5.73 Å². The van der Waals surface area contributed by atoms with Gasteiger partial charge in [0.2, 0.25) is 0 Å². The molecule has 1 fully saturated rings. The summed E-state index contributed by atoms with van der Waals surface area (Å²) in [5.41, 5.74) is 4.27. The molecule has 0 amide bonds. The van der Waals surface area contributed by atoms with Gasteiger partial charge in [0.05, 0.1) is 5.41 Å². The first-order valence-electron chi connectivity index (χ1n) is 4.89. The summed E-state index contributed by atoms with van der Waals surface area (Å²) in [6.45, 7) is 0.000869. The second kappa shape index (κ2) is 3.17. The number of aromatic hydroxyl groups is 1. The van der Waals surface area contributed by atoms with Crippen LogP contribution in [0, 0.1) is 5.41 Å². The molecule has 0 atom stereocenters. The van der Waals surface area contributed by atoms with Gasteiger partial charge in [0.1, 0.15) is 5.75 Å². The number of alkyl halides is 2. The molecule has 2 nitrogen and oxygen atoms in total. The normalized spacial score (nSPS) is 18.9. The van der Waals surface area contributed by atoms with Crippen LogP contribution in [0.4, 0.5) is 8.78 Å². The molecular weight excluding hydrogens is 200 g/mol. The molecule has 1 aliphatic carbocycles. The Bertz CT molecular complexity index is 357. The number of hydrogen-bond donors (Lipinski definition) is 2. The van der Waals surface area contributed by atoms with E-state index in [2.05, 4.69) is 0 Å². The minimum absolute atomic E-state index is 0.000869. The Morgan fingerprint density at radius 1 is 1.27 bits per heavy atom. The molecule has 0 saturated heterocycles. The maximum Gasteiger partial charge on any atom is 0.279 e. The van der Waals surface area contributed by atoms with E-state index in [1.807, 2.05) is 0 Å². The summed E-state index contributed by atoms with van der Waals surface area (Å²) in [6, 6.07) is 5.06. The highest BCUT2D eigenvalue weighted by molar-refractivity contribution is 5.31. The molecule has 0 unspecified atom stereocenters. The van der Waals surface area contributed by atoms with E-state index in [1.165, 1.54) is 24.3 Å². The van der Waals surface area contributed by atoms with Crippen LogP contribution >= 0.6 is 0 Å². The van der Waals surface area contributed by atoms with Crippen molar-refractivity contribution in [3.05, 3.63) is 29.8 Å². The molecule has 0 aliphatic heterocycles. The summed E-state index contributed by atoms with van der Waals surface area (Å²) >= 11 is 0. The van der Waals surface area contributed by atoms with Crippen LogP contribution in [0.2, 0.25) is 0 Å². The van der Waals surface area contributed by atoms with Crippen molar-refractivity contribution >= 4 is 0 Å². The number of phenols is 1. The van der Waals surface area contributed by atoms with E-state index >= 15 is 0 Å². The first-order chi connectivity index (χ1) is 7.02. The third kappa shape index (κ3) is 1.49. The Morgan fingerprint density at radius 3 is 2.20 bits per heavy atom. The largest absolute Gasteiger partial charge is 0.508 e. The molecule has 2 rings (SSSR count). The molecular formula is C11H13F2NO. The molecule has 0 radical (unpaired) electrons. The third-order valence-electron chi connectivity index (χ3n) is 3.14. The zero-order valence-electron chi connectivity index (χ0n) is 8.21. The quantitative estimate of drug-likeness (QED) is 0.808. The monoisotopic (exact) mass is 213 g/mol. The molecule has 1 saturated carbocycles. The molecule has 15 heavy (non-hydrogen) atoms. The van der Waals surface area contributed by atoms with Gasteiger partial charge in [-0.05, 0) is 37.1 Å². The van der Waals surface area contributed by atoms with Crippen LogP contribution in [0.25, 0.3) is 0 Å². The van der Waals surface area contributed by atoms with Gasteiger partial charge < -0.3 is 10.8 Å². The molecule has 0 spiro atoms. The van der Waals surface area contributed by atoms with Crippen molar-refractivity contribution < 1.29 is 13.9 Å². The lowest BCUT2D eigenvalue weighted by molar-refractivity contribution is -0.0762. The zero-order chi connectivity index (χ0) is 11.1. The number of halogens is 2. The van der Waals surface area contributed by atoms with Crippen molar-refractivity contribution in [2.24, 2.45) is 11.1 Å². The van der Waals surface area contributed by atoms with Gasteiger partial charge in [-0.2, -0.15) is 0 Å². The van der Waals surface area contributed by atoms with Crippen LogP contribution in [0.5, 0.6) is 5.75 Å². The fraction of sp³-hybridized carbons (Fsp3) is 0.455. The highest BCUT2D eigenvalue weighted by atomic mass is 19.3. The minimum atomic E-state index is -2.89. The maximum absolute atomic E-state index is 14.0. The smallest absolute Gasteiger partial charge is 0.279 e. The maximum atomic E-state index is 14.0. The Morgan fingerprint density at radius 2 is 1.80 bits per heavy atom. The molecule has 3 N–H and O–H groups in total. The van der Waals surface area contributed by atoms with Crippen molar-refractivity contribution in [2.45, 2.75) is 18.8 Å². The molecule has 1 aliphatic rings. The summed E-state index contributed by atoms with van der Waals surface area (Å²) in [5.74, 6) is -2.90. The second-order valence-electron chi connectivity index (χ2n) is 4.11. The van der Waals surface area contributed by atoms with Gasteiger partial charge in [-0.1, -0.05) is 0 Å².